The molecule has 0 saturated carbocycles. The van der Waals surface area contributed by atoms with E-state index in [1.807, 2.05) is 0 Å². The predicted molar refractivity (Wildman–Crippen MR) is 85.5 cm³/mol. The summed E-state index contributed by atoms with van der Waals surface area (Å²) in [6, 6.07) is 2.14. The minimum absolute atomic E-state index is 0.0434. The first-order valence-corrected chi connectivity index (χ1v) is 7.73. The van der Waals surface area contributed by atoms with Crippen LogP contribution in [0.25, 0.3) is 10.2 Å². The van der Waals surface area contributed by atoms with Crippen LogP contribution in [0.2, 0.25) is 0 Å². The minimum Gasteiger partial charge on any atom is -0.373 e. The molecule has 2 aromatic rings. The Balaban J connectivity index is 2.59. The van der Waals surface area contributed by atoms with Crippen molar-refractivity contribution >= 4 is 27.4 Å². The third-order valence-electron chi connectivity index (χ3n) is 3.13. The molecule has 0 aliphatic rings. The summed E-state index contributed by atoms with van der Waals surface area (Å²) in [6.07, 6.45) is -0.119. The van der Waals surface area contributed by atoms with Crippen LogP contribution in [0.1, 0.15) is 44.5 Å². The van der Waals surface area contributed by atoms with Crippen LogP contribution in [0.15, 0.2) is 6.07 Å². The fourth-order valence-electron chi connectivity index (χ4n) is 2.32. The molecule has 0 saturated heterocycles. The Kier molecular flexibility index (Phi) is 4.30. The van der Waals surface area contributed by atoms with Gasteiger partial charge in [-0.05, 0) is 25.3 Å². The smallest absolute Gasteiger partial charge is 0.161 e. The van der Waals surface area contributed by atoms with Gasteiger partial charge in [-0.25, -0.2) is 9.97 Å². The van der Waals surface area contributed by atoms with Crippen molar-refractivity contribution < 1.29 is 4.74 Å². The largest absolute Gasteiger partial charge is 0.373 e. The lowest BCUT2D eigenvalue weighted by atomic mass is 9.88. The van der Waals surface area contributed by atoms with E-state index in [4.69, 9.17) is 14.7 Å². The van der Waals surface area contributed by atoms with Crippen LogP contribution in [0.4, 0.5) is 5.82 Å². The number of fused-ring (bicyclic) bond motifs is 1. The van der Waals surface area contributed by atoms with E-state index in [1.165, 1.54) is 4.88 Å². The number of aryl methyl sites for hydroxylation is 1. The Bertz CT molecular complexity index is 601. The number of nitrogens with zero attached hydrogens (tertiary/aromatic N) is 2. The normalized spacial score (nSPS) is 13.7. The van der Waals surface area contributed by atoms with Crippen molar-refractivity contribution in [2.45, 2.75) is 40.7 Å². The molecule has 2 heterocycles. The first-order chi connectivity index (χ1) is 9.36. The Morgan fingerprint density at radius 3 is 2.60 bits per heavy atom. The van der Waals surface area contributed by atoms with E-state index in [2.05, 4.69) is 46.0 Å². The highest BCUT2D eigenvalue weighted by molar-refractivity contribution is 7.18. The van der Waals surface area contributed by atoms with Gasteiger partial charge in [0.15, 0.2) is 5.82 Å². The Hall–Kier alpha value is -1.20. The van der Waals surface area contributed by atoms with Crippen molar-refractivity contribution in [3.63, 3.8) is 0 Å². The van der Waals surface area contributed by atoms with E-state index in [9.17, 15) is 0 Å². The molecule has 1 N–H and O–H groups in total. The highest BCUT2D eigenvalue weighted by Gasteiger charge is 2.29. The van der Waals surface area contributed by atoms with Crippen molar-refractivity contribution in [3.8, 4) is 0 Å². The molecule has 110 valence electrons. The average molecular weight is 293 g/mol. The summed E-state index contributed by atoms with van der Waals surface area (Å²) >= 11 is 1.70. The summed E-state index contributed by atoms with van der Waals surface area (Å²) in [5.41, 5.74) is -0.0434. The highest BCUT2D eigenvalue weighted by atomic mass is 32.1. The van der Waals surface area contributed by atoms with Gasteiger partial charge in [0.2, 0.25) is 0 Å². The van der Waals surface area contributed by atoms with Crippen molar-refractivity contribution in [1.29, 1.82) is 0 Å². The van der Waals surface area contributed by atoms with Crippen LogP contribution in [0.3, 0.4) is 0 Å². The molecule has 1 atom stereocenters. The van der Waals surface area contributed by atoms with Gasteiger partial charge in [0.25, 0.3) is 0 Å². The lowest BCUT2D eigenvalue weighted by Crippen LogP contribution is -2.22. The maximum Gasteiger partial charge on any atom is 0.161 e. The molecule has 4 nitrogen and oxygen atoms in total. The fourth-order valence-corrected chi connectivity index (χ4v) is 3.21. The SMILES string of the molecule is CCNc1nc(C(OC)C(C)(C)C)nc2sc(C)cc12. The van der Waals surface area contributed by atoms with Gasteiger partial charge in [0, 0.05) is 18.5 Å². The maximum absolute atomic E-state index is 5.64. The van der Waals surface area contributed by atoms with Crippen LogP contribution in [-0.4, -0.2) is 23.6 Å². The second kappa shape index (κ2) is 5.66. The predicted octanol–water partition coefficient (Wildman–Crippen LogP) is 4.17. The number of rotatable bonds is 4. The summed E-state index contributed by atoms with van der Waals surface area (Å²) in [5, 5.41) is 4.43. The number of nitrogens with one attached hydrogen (secondary N) is 1. The van der Waals surface area contributed by atoms with Crippen LogP contribution in [-0.2, 0) is 4.74 Å². The summed E-state index contributed by atoms with van der Waals surface area (Å²) in [5.74, 6) is 1.66. The van der Waals surface area contributed by atoms with Gasteiger partial charge in [-0.3, -0.25) is 0 Å². The molecule has 1 unspecified atom stereocenters. The van der Waals surface area contributed by atoms with Crippen molar-refractivity contribution in [1.82, 2.24) is 9.97 Å². The molecule has 0 amide bonds. The van der Waals surface area contributed by atoms with Gasteiger partial charge >= 0.3 is 0 Å². The third-order valence-corrected chi connectivity index (χ3v) is 4.08. The second-order valence-corrected chi connectivity index (χ2v) is 7.25. The van der Waals surface area contributed by atoms with Crippen LogP contribution in [0.5, 0.6) is 0 Å². The van der Waals surface area contributed by atoms with Gasteiger partial charge in [0.1, 0.15) is 16.8 Å². The molecule has 2 aromatic heterocycles. The fraction of sp³-hybridized carbons (Fsp3) is 0.600. The molecule has 0 spiro atoms. The summed E-state index contributed by atoms with van der Waals surface area (Å²) < 4.78 is 5.64. The zero-order valence-corrected chi connectivity index (χ0v) is 13.9. The third kappa shape index (κ3) is 2.94. The van der Waals surface area contributed by atoms with Gasteiger partial charge in [-0.15, -0.1) is 11.3 Å². The van der Waals surface area contributed by atoms with E-state index in [1.54, 1.807) is 18.4 Å². The summed E-state index contributed by atoms with van der Waals surface area (Å²) in [6.45, 7) is 11.4. The number of ether oxygens (including phenoxy) is 1. The van der Waals surface area contributed by atoms with Gasteiger partial charge in [0.05, 0.1) is 5.39 Å². The molecule has 0 aromatic carbocycles. The highest BCUT2D eigenvalue weighted by Crippen LogP contribution is 2.36. The van der Waals surface area contributed by atoms with E-state index in [0.29, 0.717) is 0 Å². The zero-order chi connectivity index (χ0) is 14.9. The second-order valence-electron chi connectivity index (χ2n) is 6.02. The lowest BCUT2D eigenvalue weighted by Gasteiger charge is -2.28. The lowest BCUT2D eigenvalue weighted by molar-refractivity contribution is 0.00904. The molecule has 0 aliphatic carbocycles. The van der Waals surface area contributed by atoms with E-state index < -0.39 is 0 Å². The maximum atomic E-state index is 5.64. The molecule has 0 fully saturated rings. The Labute approximate surface area is 124 Å². The van der Waals surface area contributed by atoms with Crippen LogP contribution in [0, 0.1) is 12.3 Å². The molecule has 20 heavy (non-hydrogen) atoms. The Morgan fingerprint density at radius 1 is 1.35 bits per heavy atom. The number of anilines is 1. The standard InChI is InChI=1S/C15H23N3OS/c1-7-16-12-10-8-9(2)20-14(10)18-13(17-12)11(19-6)15(3,4)5/h8,11H,7H2,1-6H3,(H,16,17,18). The van der Waals surface area contributed by atoms with Gasteiger partial charge in [-0.1, -0.05) is 20.8 Å². The number of methoxy groups -OCH3 is 1. The topological polar surface area (TPSA) is 47.0 Å². The number of thiophene rings is 1. The quantitative estimate of drug-likeness (QED) is 0.919. The summed E-state index contributed by atoms with van der Waals surface area (Å²) in [7, 11) is 1.72. The minimum atomic E-state index is -0.119. The van der Waals surface area contributed by atoms with Gasteiger partial charge in [-0.2, -0.15) is 0 Å². The zero-order valence-electron chi connectivity index (χ0n) is 13.1. The van der Waals surface area contributed by atoms with Crippen molar-refractivity contribution in [2.24, 2.45) is 5.41 Å². The number of aromatic nitrogens is 2. The van der Waals surface area contributed by atoms with E-state index in [0.717, 1.165) is 28.4 Å². The van der Waals surface area contributed by atoms with E-state index in [-0.39, 0.29) is 11.5 Å². The number of hydrogen-bond donors (Lipinski definition) is 1. The van der Waals surface area contributed by atoms with E-state index >= 15 is 0 Å². The molecule has 0 aliphatic heterocycles. The molecule has 0 bridgehead atoms. The van der Waals surface area contributed by atoms with Crippen molar-refractivity contribution in [3.05, 3.63) is 16.8 Å². The summed E-state index contributed by atoms with van der Waals surface area (Å²) in [4.78, 5) is 11.7. The molecule has 2 rings (SSSR count). The molecule has 0 radical (unpaired) electrons. The van der Waals surface area contributed by atoms with Crippen LogP contribution < -0.4 is 5.32 Å². The first kappa shape index (κ1) is 15.2. The molecular weight excluding hydrogens is 270 g/mol. The Morgan fingerprint density at radius 2 is 2.05 bits per heavy atom. The molecule has 5 heteroatoms. The van der Waals surface area contributed by atoms with Crippen LogP contribution >= 0.6 is 11.3 Å². The first-order valence-electron chi connectivity index (χ1n) is 6.91. The van der Waals surface area contributed by atoms with Crippen molar-refractivity contribution in [2.75, 3.05) is 19.0 Å². The average Bonchev–Trinajstić information content (AvgIpc) is 2.69. The monoisotopic (exact) mass is 293 g/mol. The number of hydrogen-bond acceptors (Lipinski definition) is 5. The van der Waals surface area contributed by atoms with Gasteiger partial charge < -0.3 is 10.1 Å². The molecular formula is C15H23N3OS.